The van der Waals surface area contributed by atoms with Crippen LogP contribution in [0.3, 0.4) is 0 Å². The average molecular weight is 399 g/mol. The smallest absolute Gasteiger partial charge is 0.332 e. The summed E-state index contributed by atoms with van der Waals surface area (Å²) in [5.74, 6) is -0.105. The second kappa shape index (κ2) is 7.14. The van der Waals surface area contributed by atoms with Gasteiger partial charge in [0.15, 0.2) is 16.9 Å². The molecule has 1 atom stereocenters. The van der Waals surface area contributed by atoms with Crippen molar-refractivity contribution >= 4 is 16.9 Å². The molecular formula is C20H25N5O4. The van der Waals surface area contributed by atoms with E-state index >= 15 is 0 Å². The summed E-state index contributed by atoms with van der Waals surface area (Å²) in [4.78, 5) is 41.9. The predicted molar refractivity (Wildman–Crippen MR) is 107 cm³/mol. The second-order valence-electron chi connectivity index (χ2n) is 7.70. The SMILES string of the molecule is Cc1cc(C(=O)Cn2cnc3c2c(=O)n(C)c(=O)n3C)c(C)n1C[C@@H]1CCCO1. The van der Waals surface area contributed by atoms with Crippen LogP contribution in [0.1, 0.15) is 34.6 Å². The maximum atomic E-state index is 13.1. The third-order valence-electron chi connectivity index (χ3n) is 5.82. The van der Waals surface area contributed by atoms with Crippen LogP contribution in [0.4, 0.5) is 0 Å². The number of aromatic nitrogens is 5. The van der Waals surface area contributed by atoms with E-state index in [1.165, 1.54) is 22.5 Å². The Balaban J connectivity index is 1.67. The maximum absolute atomic E-state index is 13.1. The number of fused-ring (bicyclic) bond motifs is 1. The molecule has 154 valence electrons. The molecule has 3 aromatic rings. The molecule has 0 saturated carbocycles. The van der Waals surface area contributed by atoms with Gasteiger partial charge in [0.05, 0.1) is 19.0 Å². The summed E-state index contributed by atoms with van der Waals surface area (Å²) in [6, 6.07) is 1.89. The molecule has 9 heteroatoms. The number of aryl methyl sites for hydroxylation is 2. The van der Waals surface area contributed by atoms with Gasteiger partial charge in [-0.1, -0.05) is 0 Å². The minimum Gasteiger partial charge on any atom is -0.376 e. The highest BCUT2D eigenvalue weighted by Crippen LogP contribution is 2.21. The number of Topliss-reactive ketones (excluding diaryl/α,β-unsaturated/α-hetero) is 1. The van der Waals surface area contributed by atoms with Gasteiger partial charge in [0.25, 0.3) is 5.56 Å². The zero-order valence-corrected chi connectivity index (χ0v) is 17.1. The van der Waals surface area contributed by atoms with E-state index in [1.54, 1.807) is 7.05 Å². The van der Waals surface area contributed by atoms with E-state index in [9.17, 15) is 14.4 Å². The van der Waals surface area contributed by atoms with Crippen LogP contribution in [0, 0.1) is 13.8 Å². The summed E-state index contributed by atoms with van der Waals surface area (Å²) in [5, 5.41) is 0. The lowest BCUT2D eigenvalue weighted by Crippen LogP contribution is -2.37. The van der Waals surface area contributed by atoms with Crippen molar-refractivity contribution in [3.05, 3.63) is 50.2 Å². The van der Waals surface area contributed by atoms with E-state index in [-0.39, 0.29) is 29.6 Å². The lowest BCUT2D eigenvalue weighted by atomic mass is 10.1. The van der Waals surface area contributed by atoms with Gasteiger partial charge in [0.1, 0.15) is 0 Å². The first-order valence-electron chi connectivity index (χ1n) is 9.72. The molecule has 9 nitrogen and oxygen atoms in total. The van der Waals surface area contributed by atoms with Crippen LogP contribution in [0.15, 0.2) is 22.0 Å². The van der Waals surface area contributed by atoms with Crippen molar-refractivity contribution in [2.75, 3.05) is 6.61 Å². The molecule has 4 heterocycles. The van der Waals surface area contributed by atoms with E-state index < -0.39 is 11.2 Å². The molecule has 1 saturated heterocycles. The molecular weight excluding hydrogens is 374 g/mol. The molecule has 0 spiro atoms. The monoisotopic (exact) mass is 399 g/mol. The Hall–Kier alpha value is -2.94. The standard InChI is InChI=1S/C20H25N5O4/c1-12-8-15(13(2)25(12)9-14-6-5-7-29-14)16(26)10-24-11-21-18-17(24)19(27)23(4)20(28)22(18)3/h8,11,14H,5-7,9-10H2,1-4H3/t14-/m0/s1. The van der Waals surface area contributed by atoms with Gasteiger partial charge in [-0.3, -0.25) is 18.7 Å². The fraction of sp³-hybridized carbons (Fsp3) is 0.500. The third kappa shape index (κ3) is 3.15. The van der Waals surface area contributed by atoms with Crippen molar-refractivity contribution < 1.29 is 9.53 Å². The Morgan fingerprint density at radius 1 is 1.24 bits per heavy atom. The summed E-state index contributed by atoms with van der Waals surface area (Å²) >= 11 is 0. The van der Waals surface area contributed by atoms with Gasteiger partial charge >= 0.3 is 5.69 Å². The zero-order chi connectivity index (χ0) is 20.9. The van der Waals surface area contributed by atoms with Gasteiger partial charge in [0, 0.05) is 44.2 Å². The minimum atomic E-state index is -0.461. The Morgan fingerprint density at radius 3 is 2.69 bits per heavy atom. The lowest BCUT2D eigenvalue weighted by Gasteiger charge is -2.14. The second-order valence-corrected chi connectivity index (χ2v) is 7.70. The summed E-state index contributed by atoms with van der Waals surface area (Å²) in [6.07, 6.45) is 3.73. The fourth-order valence-corrected chi connectivity index (χ4v) is 4.11. The van der Waals surface area contributed by atoms with Gasteiger partial charge in [-0.25, -0.2) is 9.78 Å². The fourth-order valence-electron chi connectivity index (χ4n) is 4.11. The number of hydrogen-bond acceptors (Lipinski definition) is 5. The molecule has 0 bridgehead atoms. The Labute approximate surface area is 167 Å². The molecule has 0 aliphatic carbocycles. The van der Waals surface area contributed by atoms with Gasteiger partial charge in [0.2, 0.25) is 0 Å². The topological polar surface area (TPSA) is 93.1 Å². The highest BCUT2D eigenvalue weighted by molar-refractivity contribution is 5.98. The van der Waals surface area contributed by atoms with Crippen molar-refractivity contribution in [3.63, 3.8) is 0 Å². The largest absolute Gasteiger partial charge is 0.376 e. The first-order valence-corrected chi connectivity index (χ1v) is 9.72. The highest BCUT2D eigenvalue weighted by atomic mass is 16.5. The van der Waals surface area contributed by atoms with Crippen LogP contribution in [0.2, 0.25) is 0 Å². The summed E-state index contributed by atoms with van der Waals surface area (Å²) in [6.45, 7) is 5.43. The first-order chi connectivity index (χ1) is 13.8. The molecule has 0 N–H and O–H groups in total. The van der Waals surface area contributed by atoms with E-state index in [1.807, 2.05) is 19.9 Å². The molecule has 0 radical (unpaired) electrons. The van der Waals surface area contributed by atoms with Gasteiger partial charge in [-0.2, -0.15) is 0 Å². The zero-order valence-electron chi connectivity index (χ0n) is 17.1. The van der Waals surface area contributed by atoms with Crippen LogP contribution in [0.25, 0.3) is 11.2 Å². The van der Waals surface area contributed by atoms with Crippen LogP contribution in [-0.2, 0) is 31.9 Å². The van der Waals surface area contributed by atoms with Gasteiger partial charge < -0.3 is 13.9 Å². The number of imidazole rings is 1. The first kappa shape index (κ1) is 19.4. The third-order valence-corrected chi connectivity index (χ3v) is 5.82. The summed E-state index contributed by atoms with van der Waals surface area (Å²) in [5.41, 5.74) is 2.15. The van der Waals surface area contributed by atoms with Crippen molar-refractivity contribution in [2.24, 2.45) is 14.1 Å². The predicted octanol–water partition coefficient (Wildman–Crippen LogP) is 0.914. The number of hydrogen-bond donors (Lipinski definition) is 0. The van der Waals surface area contributed by atoms with Crippen LogP contribution < -0.4 is 11.2 Å². The number of rotatable bonds is 5. The number of carbonyl (C=O) groups excluding carboxylic acids is 1. The molecule has 29 heavy (non-hydrogen) atoms. The number of nitrogens with zero attached hydrogens (tertiary/aromatic N) is 5. The van der Waals surface area contributed by atoms with Crippen LogP contribution >= 0.6 is 0 Å². The van der Waals surface area contributed by atoms with Crippen molar-refractivity contribution in [3.8, 4) is 0 Å². The van der Waals surface area contributed by atoms with Crippen LogP contribution in [-0.4, -0.2) is 41.7 Å². The van der Waals surface area contributed by atoms with E-state index in [0.717, 1.165) is 41.9 Å². The normalized spacial score (nSPS) is 16.8. The highest BCUT2D eigenvalue weighted by Gasteiger charge is 2.22. The number of carbonyl (C=O) groups is 1. The van der Waals surface area contributed by atoms with E-state index in [2.05, 4.69) is 9.55 Å². The van der Waals surface area contributed by atoms with Crippen molar-refractivity contribution in [1.82, 2.24) is 23.3 Å². The van der Waals surface area contributed by atoms with Crippen molar-refractivity contribution in [2.45, 2.75) is 45.9 Å². The molecule has 4 rings (SSSR count). The lowest BCUT2D eigenvalue weighted by molar-refractivity contribution is 0.0949. The maximum Gasteiger partial charge on any atom is 0.332 e. The summed E-state index contributed by atoms with van der Waals surface area (Å²) < 4.78 is 11.7. The molecule has 1 aliphatic heterocycles. The molecule has 0 aromatic carbocycles. The molecule has 1 fully saturated rings. The summed E-state index contributed by atoms with van der Waals surface area (Å²) in [7, 11) is 2.98. The molecule has 0 unspecified atom stereocenters. The minimum absolute atomic E-state index is 0.0197. The molecule has 0 amide bonds. The quantitative estimate of drug-likeness (QED) is 0.595. The number of ketones is 1. The Bertz CT molecular complexity index is 1220. The Kier molecular flexibility index (Phi) is 4.77. The van der Waals surface area contributed by atoms with Crippen molar-refractivity contribution in [1.29, 1.82) is 0 Å². The van der Waals surface area contributed by atoms with Gasteiger partial charge in [-0.05, 0) is 32.8 Å². The average Bonchev–Trinajstić information content (AvgIpc) is 3.41. The molecule has 3 aromatic heterocycles. The number of ether oxygens (including phenoxy) is 1. The van der Waals surface area contributed by atoms with E-state index in [0.29, 0.717) is 5.56 Å². The Morgan fingerprint density at radius 2 is 2.00 bits per heavy atom. The van der Waals surface area contributed by atoms with Gasteiger partial charge in [-0.15, -0.1) is 0 Å². The molecule has 1 aliphatic rings. The van der Waals surface area contributed by atoms with E-state index in [4.69, 9.17) is 4.74 Å². The van der Waals surface area contributed by atoms with Crippen LogP contribution in [0.5, 0.6) is 0 Å².